The van der Waals surface area contributed by atoms with Crippen LogP contribution in [-0.4, -0.2) is 20.8 Å². The van der Waals surface area contributed by atoms with Gasteiger partial charge in [-0.15, -0.1) is 5.10 Å². The summed E-state index contributed by atoms with van der Waals surface area (Å²) in [5.74, 6) is 0.381. The molecule has 0 N–H and O–H groups in total. The first-order valence-corrected chi connectivity index (χ1v) is 5.68. The highest BCUT2D eigenvalue weighted by Gasteiger charge is 2.12. The topological polar surface area (TPSA) is 47.8 Å². The van der Waals surface area contributed by atoms with Crippen LogP contribution in [0.4, 0.5) is 0 Å². The van der Waals surface area contributed by atoms with Crippen LogP contribution < -0.4 is 0 Å². The van der Waals surface area contributed by atoms with Crippen LogP contribution in [0.15, 0.2) is 36.5 Å². The lowest BCUT2D eigenvalue weighted by atomic mass is 10.1. The predicted molar refractivity (Wildman–Crippen MR) is 65.1 cm³/mol. The lowest BCUT2D eigenvalue weighted by Gasteiger charge is -1.99. The van der Waals surface area contributed by atoms with Gasteiger partial charge in [-0.1, -0.05) is 37.3 Å². The van der Waals surface area contributed by atoms with Gasteiger partial charge in [0.05, 0.1) is 11.9 Å². The van der Waals surface area contributed by atoms with Crippen molar-refractivity contribution < 1.29 is 4.79 Å². The first-order chi connectivity index (χ1) is 8.16. The van der Waals surface area contributed by atoms with E-state index in [1.807, 2.05) is 44.2 Å². The van der Waals surface area contributed by atoms with E-state index in [-0.39, 0.29) is 5.78 Å². The van der Waals surface area contributed by atoms with Crippen LogP contribution in [0.2, 0.25) is 0 Å². The van der Waals surface area contributed by atoms with Crippen molar-refractivity contribution in [3.05, 3.63) is 42.2 Å². The lowest BCUT2D eigenvalue weighted by Crippen LogP contribution is -2.03. The van der Waals surface area contributed by atoms with Gasteiger partial charge in [-0.25, -0.2) is 4.68 Å². The Hall–Kier alpha value is -1.97. The van der Waals surface area contributed by atoms with E-state index in [9.17, 15) is 4.79 Å². The largest absolute Gasteiger partial charge is 0.292 e. The van der Waals surface area contributed by atoms with Crippen LogP contribution in [0.5, 0.6) is 0 Å². The third kappa shape index (κ3) is 2.78. The Bertz CT molecular complexity index is 502. The summed E-state index contributed by atoms with van der Waals surface area (Å²) in [5.41, 5.74) is 1.34. The number of para-hydroxylation sites is 1. The highest BCUT2D eigenvalue weighted by Crippen LogP contribution is 2.09. The van der Waals surface area contributed by atoms with Crippen LogP contribution in [0.1, 0.15) is 30.8 Å². The van der Waals surface area contributed by atoms with Crippen molar-refractivity contribution >= 4 is 5.78 Å². The monoisotopic (exact) mass is 229 g/mol. The van der Waals surface area contributed by atoms with Crippen molar-refractivity contribution in [2.24, 2.45) is 5.92 Å². The minimum absolute atomic E-state index is 0.0437. The number of rotatable bonds is 4. The fourth-order valence-electron chi connectivity index (χ4n) is 1.57. The number of ketones is 1. The Kier molecular flexibility index (Phi) is 3.32. The van der Waals surface area contributed by atoms with Gasteiger partial charge >= 0.3 is 0 Å². The zero-order valence-electron chi connectivity index (χ0n) is 10.00. The molecule has 1 aromatic heterocycles. The molecule has 4 nitrogen and oxygen atoms in total. The second-order valence-electron chi connectivity index (χ2n) is 4.41. The average molecular weight is 229 g/mol. The molecule has 88 valence electrons. The van der Waals surface area contributed by atoms with E-state index in [2.05, 4.69) is 10.3 Å². The van der Waals surface area contributed by atoms with Crippen LogP contribution in [0.25, 0.3) is 5.69 Å². The second kappa shape index (κ2) is 4.91. The standard InChI is InChI=1S/C13H15N3O/c1-10(2)8-13(17)12-9-16(15-14-12)11-6-4-3-5-7-11/h3-7,9-10H,8H2,1-2H3. The molecule has 0 spiro atoms. The summed E-state index contributed by atoms with van der Waals surface area (Å²) in [6, 6.07) is 9.63. The van der Waals surface area contributed by atoms with Crippen LogP contribution in [0, 0.1) is 5.92 Å². The molecule has 1 aromatic carbocycles. The maximum absolute atomic E-state index is 11.8. The number of benzene rings is 1. The molecule has 1 heterocycles. The SMILES string of the molecule is CC(C)CC(=O)c1cn(-c2ccccc2)nn1. The molecule has 0 aliphatic heterocycles. The summed E-state index contributed by atoms with van der Waals surface area (Å²) in [7, 11) is 0. The van der Waals surface area contributed by atoms with Gasteiger partial charge in [-0.2, -0.15) is 0 Å². The Balaban J connectivity index is 2.19. The smallest absolute Gasteiger partial charge is 0.184 e. The van der Waals surface area contributed by atoms with Gasteiger partial charge in [0.1, 0.15) is 5.69 Å². The van der Waals surface area contributed by atoms with Crippen molar-refractivity contribution in [3.8, 4) is 5.69 Å². The molecule has 0 bridgehead atoms. The second-order valence-corrected chi connectivity index (χ2v) is 4.41. The van der Waals surface area contributed by atoms with Crippen molar-refractivity contribution in [3.63, 3.8) is 0 Å². The maximum Gasteiger partial charge on any atom is 0.184 e. The molecule has 0 aliphatic carbocycles. The molecule has 2 aromatic rings. The molecule has 0 fully saturated rings. The van der Waals surface area contributed by atoms with Gasteiger partial charge in [0.2, 0.25) is 0 Å². The molecule has 0 saturated carbocycles. The molecule has 2 rings (SSSR count). The van der Waals surface area contributed by atoms with Crippen LogP contribution in [-0.2, 0) is 0 Å². The Morgan fingerprint density at radius 2 is 2.00 bits per heavy atom. The Morgan fingerprint density at radius 3 is 2.65 bits per heavy atom. The van der Waals surface area contributed by atoms with E-state index in [1.165, 1.54) is 0 Å². The van der Waals surface area contributed by atoms with Gasteiger partial charge in [0.25, 0.3) is 0 Å². The molecule has 4 heteroatoms. The molecule has 0 radical (unpaired) electrons. The minimum atomic E-state index is 0.0437. The van der Waals surface area contributed by atoms with Gasteiger partial charge in [0.15, 0.2) is 5.78 Å². The first kappa shape index (κ1) is 11.5. The van der Waals surface area contributed by atoms with Gasteiger partial charge in [-0.05, 0) is 18.1 Å². The maximum atomic E-state index is 11.8. The van der Waals surface area contributed by atoms with E-state index >= 15 is 0 Å². The van der Waals surface area contributed by atoms with E-state index in [0.717, 1.165) is 5.69 Å². The molecule has 0 atom stereocenters. The summed E-state index contributed by atoms with van der Waals surface area (Å²) in [6.45, 7) is 4.03. The fraction of sp³-hybridized carbons (Fsp3) is 0.308. The van der Waals surface area contributed by atoms with Gasteiger partial charge < -0.3 is 0 Å². The third-order valence-electron chi connectivity index (χ3n) is 2.39. The first-order valence-electron chi connectivity index (χ1n) is 5.68. The van der Waals surface area contributed by atoms with Crippen LogP contribution in [0.3, 0.4) is 0 Å². The summed E-state index contributed by atoms with van der Waals surface area (Å²) < 4.78 is 1.62. The molecular weight excluding hydrogens is 214 g/mol. The zero-order valence-corrected chi connectivity index (χ0v) is 10.00. The molecule has 0 saturated heterocycles. The Labute approximate surface area is 100 Å². The average Bonchev–Trinajstić information content (AvgIpc) is 2.78. The molecule has 17 heavy (non-hydrogen) atoms. The summed E-state index contributed by atoms with van der Waals surface area (Å²) >= 11 is 0. The van der Waals surface area contributed by atoms with E-state index in [0.29, 0.717) is 18.0 Å². The number of hydrogen-bond acceptors (Lipinski definition) is 3. The Morgan fingerprint density at radius 1 is 1.29 bits per heavy atom. The van der Waals surface area contributed by atoms with Crippen molar-refractivity contribution in [1.29, 1.82) is 0 Å². The van der Waals surface area contributed by atoms with Crippen molar-refractivity contribution in [2.45, 2.75) is 20.3 Å². The van der Waals surface area contributed by atoms with Crippen molar-refractivity contribution in [1.82, 2.24) is 15.0 Å². The number of Topliss-reactive ketones (excluding diaryl/α,β-unsaturated/α-hetero) is 1. The third-order valence-corrected chi connectivity index (χ3v) is 2.39. The minimum Gasteiger partial charge on any atom is -0.292 e. The number of carbonyl (C=O) groups is 1. The quantitative estimate of drug-likeness (QED) is 0.757. The number of carbonyl (C=O) groups excluding carboxylic acids is 1. The van der Waals surface area contributed by atoms with E-state index in [4.69, 9.17) is 0 Å². The number of hydrogen-bond donors (Lipinski definition) is 0. The molecule has 0 aliphatic rings. The lowest BCUT2D eigenvalue weighted by molar-refractivity contribution is 0.0963. The normalized spacial score (nSPS) is 10.8. The van der Waals surface area contributed by atoms with Gasteiger partial charge in [0, 0.05) is 6.42 Å². The summed E-state index contributed by atoms with van der Waals surface area (Å²) in [5, 5.41) is 7.87. The predicted octanol–water partition coefficient (Wildman–Crippen LogP) is 2.50. The highest BCUT2D eigenvalue weighted by atomic mass is 16.1. The van der Waals surface area contributed by atoms with Crippen LogP contribution >= 0.6 is 0 Å². The summed E-state index contributed by atoms with van der Waals surface area (Å²) in [6.07, 6.45) is 2.19. The number of aromatic nitrogens is 3. The van der Waals surface area contributed by atoms with E-state index in [1.54, 1.807) is 10.9 Å². The number of nitrogens with zero attached hydrogens (tertiary/aromatic N) is 3. The summed E-state index contributed by atoms with van der Waals surface area (Å²) in [4.78, 5) is 11.8. The van der Waals surface area contributed by atoms with E-state index < -0.39 is 0 Å². The fourth-order valence-corrected chi connectivity index (χ4v) is 1.57. The van der Waals surface area contributed by atoms with Gasteiger partial charge in [-0.3, -0.25) is 4.79 Å². The molecule has 0 unspecified atom stereocenters. The zero-order chi connectivity index (χ0) is 12.3. The highest BCUT2D eigenvalue weighted by molar-refractivity contribution is 5.94. The molecular formula is C13H15N3O. The molecule has 0 amide bonds. The van der Waals surface area contributed by atoms with Crippen molar-refractivity contribution in [2.75, 3.05) is 0 Å².